The molecule has 0 saturated carbocycles. The lowest BCUT2D eigenvalue weighted by atomic mass is 10.0. The smallest absolute Gasteiger partial charge is 0.337 e. The third-order valence-corrected chi connectivity index (χ3v) is 4.57. The second kappa shape index (κ2) is 7.86. The SMILES string of the molecule is COC(=O)c1cc(N(C)C(=O)Nc2ccccc2)c2c(Cl)cc(Cl)cc2c1. The third-order valence-electron chi connectivity index (χ3n) is 4.06. The number of halogens is 2. The van der Waals surface area contributed by atoms with Gasteiger partial charge in [-0.1, -0.05) is 41.4 Å². The van der Waals surface area contributed by atoms with Crippen molar-refractivity contribution in [3.05, 3.63) is 70.2 Å². The number of ether oxygens (including phenoxy) is 1. The number of urea groups is 1. The molecule has 0 heterocycles. The molecule has 3 rings (SSSR count). The molecule has 0 aliphatic heterocycles. The summed E-state index contributed by atoms with van der Waals surface area (Å²) in [6.45, 7) is 0. The van der Waals surface area contributed by atoms with Crippen LogP contribution in [0.25, 0.3) is 10.8 Å². The van der Waals surface area contributed by atoms with Crippen LogP contribution in [-0.4, -0.2) is 26.2 Å². The molecule has 1 N–H and O–H groups in total. The molecule has 2 amide bonds. The van der Waals surface area contributed by atoms with Crippen LogP contribution in [0, 0.1) is 0 Å². The molecule has 7 heteroatoms. The van der Waals surface area contributed by atoms with E-state index in [4.69, 9.17) is 27.9 Å². The van der Waals surface area contributed by atoms with Gasteiger partial charge in [-0.2, -0.15) is 0 Å². The van der Waals surface area contributed by atoms with Crippen LogP contribution >= 0.6 is 23.2 Å². The number of anilines is 2. The van der Waals surface area contributed by atoms with Crippen molar-refractivity contribution in [1.29, 1.82) is 0 Å². The highest BCUT2D eigenvalue weighted by Gasteiger charge is 2.19. The number of hydrogen-bond acceptors (Lipinski definition) is 3. The van der Waals surface area contributed by atoms with Crippen LogP contribution in [0.15, 0.2) is 54.6 Å². The number of benzene rings is 3. The molecule has 27 heavy (non-hydrogen) atoms. The van der Waals surface area contributed by atoms with E-state index in [1.807, 2.05) is 18.2 Å². The highest BCUT2D eigenvalue weighted by Crippen LogP contribution is 2.36. The number of carbonyl (C=O) groups excluding carboxylic acids is 2. The first-order valence-electron chi connectivity index (χ1n) is 8.01. The molecule has 0 bridgehead atoms. The molecule has 138 valence electrons. The number of carbonyl (C=O) groups is 2. The van der Waals surface area contributed by atoms with Crippen molar-refractivity contribution in [3.8, 4) is 0 Å². The molecule has 0 unspecified atom stereocenters. The predicted octanol–water partition coefficient (Wildman–Crippen LogP) is 5.60. The number of rotatable bonds is 3. The monoisotopic (exact) mass is 402 g/mol. The molecule has 0 aromatic heterocycles. The molecule has 5 nitrogen and oxygen atoms in total. The van der Waals surface area contributed by atoms with E-state index in [1.54, 1.807) is 43.4 Å². The number of hydrogen-bond donors (Lipinski definition) is 1. The van der Waals surface area contributed by atoms with Crippen molar-refractivity contribution in [2.45, 2.75) is 0 Å². The summed E-state index contributed by atoms with van der Waals surface area (Å²) < 4.78 is 4.81. The Morgan fingerprint density at radius 2 is 1.74 bits per heavy atom. The molecule has 0 fully saturated rings. The van der Waals surface area contributed by atoms with E-state index in [1.165, 1.54) is 12.0 Å². The van der Waals surface area contributed by atoms with E-state index in [0.717, 1.165) is 0 Å². The van der Waals surface area contributed by atoms with Gasteiger partial charge in [0.25, 0.3) is 0 Å². The Kier molecular flexibility index (Phi) is 5.54. The standard InChI is InChI=1S/C20H16Cl2N2O3/c1-24(20(26)23-15-6-4-3-5-7-15)17-10-13(19(25)27-2)8-12-9-14(21)11-16(22)18(12)17/h3-11H,1-2H3,(H,23,26). The summed E-state index contributed by atoms with van der Waals surface area (Å²) in [6, 6.07) is 15.2. The zero-order chi connectivity index (χ0) is 19.6. The molecule has 0 aliphatic rings. The van der Waals surface area contributed by atoms with E-state index in [9.17, 15) is 9.59 Å². The Bertz CT molecular complexity index is 1020. The van der Waals surface area contributed by atoms with Crippen molar-refractivity contribution in [3.63, 3.8) is 0 Å². The maximum absolute atomic E-state index is 12.7. The van der Waals surface area contributed by atoms with Crippen LogP contribution in [-0.2, 0) is 4.74 Å². The number of fused-ring (bicyclic) bond motifs is 1. The molecule has 0 aliphatic carbocycles. The number of nitrogens with zero attached hydrogens (tertiary/aromatic N) is 1. The Morgan fingerprint density at radius 1 is 1.04 bits per heavy atom. The van der Waals surface area contributed by atoms with Gasteiger partial charge in [-0.25, -0.2) is 9.59 Å². The number of esters is 1. The highest BCUT2D eigenvalue weighted by atomic mass is 35.5. The second-order valence-electron chi connectivity index (χ2n) is 5.83. The minimum Gasteiger partial charge on any atom is -0.465 e. The van der Waals surface area contributed by atoms with Gasteiger partial charge in [-0.15, -0.1) is 0 Å². The van der Waals surface area contributed by atoms with E-state index in [2.05, 4.69) is 5.32 Å². The van der Waals surface area contributed by atoms with E-state index in [0.29, 0.717) is 32.2 Å². The molecular weight excluding hydrogens is 387 g/mol. The summed E-state index contributed by atoms with van der Waals surface area (Å²) in [4.78, 5) is 26.2. The van der Waals surface area contributed by atoms with Crippen LogP contribution in [0.1, 0.15) is 10.4 Å². The Hall–Kier alpha value is -2.76. The maximum Gasteiger partial charge on any atom is 0.337 e. The third kappa shape index (κ3) is 3.99. The number of nitrogens with one attached hydrogen (secondary N) is 1. The van der Waals surface area contributed by atoms with Crippen LogP contribution in [0.5, 0.6) is 0 Å². The lowest BCUT2D eigenvalue weighted by molar-refractivity contribution is 0.0601. The minimum absolute atomic E-state index is 0.290. The summed E-state index contributed by atoms with van der Waals surface area (Å²) >= 11 is 12.5. The fourth-order valence-electron chi connectivity index (χ4n) is 2.74. The van der Waals surface area contributed by atoms with Crippen LogP contribution in [0.2, 0.25) is 10.0 Å². The van der Waals surface area contributed by atoms with Gasteiger partial charge in [-0.05, 0) is 41.8 Å². The van der Waals surface area contributed by atoms with Crippen LogP contribution < -0.4 is 10.2 Å². The maximum atomic E-state index is 12.7. The summed E-state index contributed by atoms with van der Waals surface area (Å²) in [5, 5.41) is 4.85. The molecule has 0 spiro atoms. The molecule has 3 aromatic rings. The van der Waals surface area contributed by atoms with Crippen molar-refractivity contribution in [2.75, 3.05) is 24.4 Å². The number of amides is 2. The lowest BCUT2D eigenvalue weighted by Crippen LogP contribution is -2.31. The Morgan fingerprint density at radius 3 is 2.41 bits per heavy atom. The topological polar surface area (TPSA) is 58.6 Å². The molecule has 3 aromatic carbocycles. The number of para-hydroxylation sites is 1. The molecule has 0 atom stereocenters. The first kappa shape index (κ1) is 19.0. The molecule has 0 radical (unpaired) electrons. The van der Waals surface area contributed by atoms with Gasteiger partial charge >= 0.3 is 12.0 Å². The van der Waals surface area contributed by atoms with Gasteiger partial charge in [0.1, 0.15) is 0 Å². The summed E-state index contributed by atoms with van der Waals surface area (Å²) in [5.41, 5.74) is 1.40. The van der Waals surface area contributed by atoms with E-state index >= 15 is 0 Å². The zero-order valence-corrected chi connectivity index (χ0v) is 16.1. The fourth-order valence-corrected chi connectivity index (χ4v) is 3.35. The first-order chi connectivity index (χ1) is 12.9. The minimum atomic E-state index is -0.522. The highest BCUT2D eigenvalue weighted by molar-refractivity contribution is 6.40. The molecule has 0 saturated heterocycles. The van der Waals surface area contributed by atoms with E-state index < -0.39 is 5.97 Å². The van der Waals surface area contributed by atoms with Crippen molar-refractivity contribution < 1.29 is 14.3 Å². The zero-order valence-electron chi connectivity index (χ0n) is 14.6. The largest absolute Gasteiger partial charge is 0.465 e. The fraction of sp³-hybridized carbons (Fsp3) is 0.100. The van der Waals surface area contributed by atoms with Gasteiger partial charge in [0.05, 0.1) is 23.4 Å². The number of methoxy groups -OCH3 is 1. The second-order valence-corrected chi connectivity index (χ2v) is 6.67. The summed E-state index contributed by atoms with van der Waals surface area (Å²) in [6.07, 6.45) is 0. The van der Waals surface area contributed by atoms with Gasteiger partial charge in [-0.3, -0.25) is 4.90 Å². The summed E-state index contributed by atoms with van der Waals surface area (Å²) in [5.74, 6) is -0.522. The van der Waals surface area contributed by atoms with Crippen molar-refractivity contribution in [1.82, 2.24) is 0 Å². The Balaban J connectivity index is 2.10. The van der Waals surface area contributed by atoms with Gasteiger partial charge in [0.2, 0.25) is 0 Å². The lowest BCUT2D eigenvalue weighted by Gasteiger charge is -2.21. The van der Waals surface area contributed by atoms with Crippen molar-refractivity contribution >= 4 is 57.3 Å². The van der Waals surface area contributed by atoms with Crippen molar-refractivity contribution in [2.24, 2.45) is 0 Å². The molecular formula is C20H16Cl2N2O3. The average Bonchev–Trinajstić information content (AvgIpc) is 2.66. The van der Waals surface area contributed by atoms with Crippen LogP contribution in [0.4, 0.5) is 16.2 Å². The quantitative estimate of drug-likeness (QED) is 0.579. The van der Waals surface area contributed by atoms with Gasteiger partial charge in [0, 0.05) is 23.1 Å². The summed E-state index contributed by atoms with van der Waals surface area (Å²) in [7, 11) is 2.89. The average molecular weight is 403 g/mol. The van der Waals surface area contributed by atoms with E-state index in [-0.39, 0.29) is 11.6 Å². The van der Waals surface area contributed by atoms with Gasteiger partial charge in [0.15, 0.2) is 0 Å². The van der Waals surface area contributed by atoms with Crippen LogP contribution in [0.3, 0.4) is 0 Å². The normalized spacial score (nSPS) is 10.5. The Labute approximate surface area is 166 Å². The first-order valence-corrected chi connectivity index (χ1v) is 8.77. The van der Waals surface area contributed by atoms with Gasteiger partial charge < -0.3 is 10.1 Å². The predicted molar refractivity (Wildman–Crippen MR) is 109 cm³/mol.